The Hall–Kier alpha value is -2.64. The predicted octanol–water partition coefficient (Wildman–Crippen LogP) is 2.26. The van der Waals surface area contributed by atoms with Crippen LogP contribution in [0.1, 0.15) is 27.0 Å². The number of nitrogens with two attached hydrogens (primary N) is 1. The summed E-state index contributed by atoms with van der Waals surface area (Å²) in [5.41, 5.74) is 8.66. The van der Waals surface area contributed by atoms with Crippen molar-refractivity contribution in [3.8, 4) is 11.8 Å². The number of carbonyl (C=O) groups is 1. The molecule has 0 bridgehead atoms. The number of benzene rings is 1. The first-order chi connectivity index (χ1) is 10.1. The Morgan fingerprint density at radius 3 is 2.71 bits per heavy atom. The van der Waals surface area contributed by atoms with Crippen LogP contribution >= 0.6 is 0 Å². The van der Waals surface area contributed by atoms with Gasteiger partial charge in [-0.2, -0.15) is 0 Å². The summed E-state index contributed by atoms with van der Waals surface area (Å²) in [5.74, 6) is 6.02. The van der Waals surface area contributed by atoms with Crippen molar-refractivity contribution >= 4 is 11.7 Å². The maximum atomic E-state index is 12.4. The fourth-order valence-corrected chi connectivity index (χ4v) is 1.89. The summed E-state index contributed by atoms with van der Waals surface area (Å²) in [6.45, 7) is 4.16. The Labute approximate surface area is 124 Å². The van der Waals surface area contributed by atoms with E-state index in [0.29, 0.717) is 16.9 Å². The first kappa shape index (κ1) is 14.8. The van der Waals surface area contributed by atoms with E-state index in [-0.39, 0.29) is 12.5 Å². The number of anilines is 1. The van der Waals surface area contributed by atoms with E-state index in [1.54, 1.807) is 12.3 Å². The van der Waals surface area contributed by atoms with Gasteiger partial charge in [-0.3, -0.25) is 4.79 Å². The van der Waals surface area contributed by atoms with E-state index in [2.05, 4.69) is 22.1 Å². The Bertz CT molecular complexity index is 726. The van der Waals surface area contributed by atoms with Gasteiger partial charge < -0.3 is 11.1 Å². The molecule has 1 heterocycles. The zero-order valence-electron chi connectivity index (χ0n) is 12.1. The molecule has 4 heteroatoms. The zero-order chi connectivity index (χ0) is 15.2. The molecule has 0 radical (unpaired) electrons. The largest absolute Gasteiger partial charge is 0.320 e. The monoisotopic (exact) mass is 279 g/mol. The second-order valence-corrected chi connectivity index (χ2v) is 4.73. The molecule has 0 saturated heterocycles. The van der Waals surface area contributed by atoms with Crippen LogP contribution in [0.15, 0.2) is 36.5 Å². The van der Waals surface area contributed by atoms with E-state index in [9.17, 15) is 4.79 Å². The smallest absolute Gasteiger partial charge is 0.258 e. The Morgan fingerprint density at radius 1 is 1.24 bits per heavy atom. The zero-order valence-corrected chi connectivity index (χ0v) is 12.1. The third-order valence-electron chi connectivity index (χ3n) is 2.90. The molecular weight excluding hydrogens is 262 g/mol. The third kappa shape index (κ3) is 3.91. The van der Waals surface area contributed by atoms with Crippen LogP contribution in [0.5, 0.6) is 0 Å². The number of rotatable bonds is 2. The van der Waals surface area contributed by atoms with Gasteiger partial charge in [-0.1, -0.05) is 17.9 Å². The van der Waals surface area contributed by atoms with Crippen LogP contribution in [0.3, 0.4) is 0 Å². The van der Waals surface area contributed by atoms with Crippen molar-refractivity contribution in [3.05, 3.63) is 58.8 Å². The highest BCUT2D eigenvalue weighted by atomic mass is 16.1. The summed E-state index contributed by atoms with van der Waals surface area (Å²) in [7, 11) is 0. The molecule has 2 aromatic rings. The van der Waals surface area contributed by atoms with Crippen molar-refractivity contribution in [1.82, 2.24) is 4.98 Å². The van der Waals surface area contributed by atoms with E-state index >= 15 is 0 Å². The normalized spacial score (nSPS) is 9.67. The van der Waals surface area contributed by atoms with Gasteiger partial charge in [0.1, 0.15) is 5.82 Å². The van der Waals surface area contributed by atoms with Crippen LogP contribution in [-0.4, -0.2) is 17.4 Å². The third-order valence-corrected chi connectivity index (χ3v) is 2.90. The fourth-order valence-electron chi connectivity index (χ4n) is 1.89. The van der Waals surface area contributed by atoms with Crippen molar-refractivity contribution in [2.24, 2.45) is 5.73 Å². The molecule has 3 N–H and O–H groups in total. The summed E-state index contributed by atoms with van der Waals surface area (Å²) < 4.78 is 0. The van der Waals surface area contributed by atoms with Gasteiger partial charge in [0, 0.05) is 11.8 Å². The van der Waals surface area contributed by atoms with E-state index in [0.717, 1.165) is 11.1 Å². The molecule has 1 aromatic carbocycles. The van der Waals surface area contributed by atoms with Crippen molar-refractivity contribution < 1.29 is 4.79 Å². The summed E-state index contributed by atoms with van der Waals surface area (Å²) in [6.07, 6.45) is 1.66. The Balaban J connectivity index is 2.30. The summed E-state index contributed by atoms with van der Waals surface area (Å²) in [6, 6.07) is 9.21. The topological polar surface area (TPSA) is 68.0 Å². The molecule has 0 aliphatic carbocycles. The van der Waals surface area contributed by atoms with Gasteiger partial charge in [0.25, 0.3) is 5.91 Å². The fraction of sp³-hybridized carbons (Fsp3) is 0.176. The average Bonchev–Trinajstić information content (AvgIpc) is 2.45. The minimum absolute atomic E-state index is 0.227. The van der Waals surface area contributed by atoms with Gasteiger partial charge in [0.2, 0.25) is 0 Å². The molecular formula is C17H17N3O. The first-order valence-electron chi connectivity index (χ1n) is 6.64. The maximum Gasteiger partial charge on any atom is 0.258 e. The van der Waals surface area contributed by atoms with Crippen molar-refractivity contribution in [3.63, 3.8) is 0 Å². The molecule has 4 nitrogen and oxygen atoms in total. The minimum Gasteiger partial charge on any atom is -0.320 e. The number of hydrogen-bond donors (Lipinski definition) is 2. The number of aryl methyl sites for hydroxylation is 2. The molecule has 0 fully saturated rings. The van der Waals surface area contributed by atoms with Crippen LogP contribution < -0.4 is 11.1 Å². The summed E-state index contributed by atoms with van der Waals surface area (Å²) in [4.78, 5) is 16.5. The molecule has 1 aromatic heterocycles. The molecule has 1 amide bonds. The van der Waals surface area contributed by atoms with E-state index in [4.69, 9.17) is 5.73 Å². The minimum atomic E-state index is -0.227. The van der Waals surface area contributed by atoms with Crippen molar-refractivity contribution in [1.29, 1.82) is 0 Å². The van der Waals surface area contributed by atoms with Crippen LogP contribution in [-0.2, 0) is 0 Å². The van der Waals surface area contributed by atoms with Gasteiger partial charge in [-0.05, 0) is 49.2 Å². The number of aromatic nitrogens is 1. The highest BCUT2D eigenvalue weighted by molar-refractivity contribution is 6.05. The number of amides is 1. The van der Waals surface area contributed by atoms with Crippen LogP contribution in [0.25, 0.3) is 0 Å². The van der Waals surface area contributed by atoms with Gasteiger partial charge in [-0.25, -0.2) is 4.98 Å². The van der Waals surface area contributed by atoms with Crippen molar-refractivity contribution in [2.75, 3.05) is 11.9 Å². The summed E-state index contributed by atoms with van der Waals surface area (Å²) in [5, 5.41) is 2.79. The number of nitrogens with one attached hydrogen (secondary N) is 1. The summed E-state index contributed by atoms with van der Waals surface area (Å²) >= 11 is 0. The molecule has 0 aliphatic rings. The molecule has 21 heavy (non-hydrogen) atoms. The van der Waals surface area contributed by atoms with Crippen molar-refractivity contribution in [2.45, 2.75) is 13.8 Å². The predicted molar refractivity (Wildman–Crippen MR) is 84.0 cm³/mol. The number of carbonyl (C=O) groups excluding carboxylic acids is 1. The number of nitrogens with zero attached hydrogens (tertiary/aromatic N) is 1. The lowest BCUT2D eigenvalue weighted by Gasteiger charge is -2.07. The standard InChI is InChI=1S/C17H17N3O/c1-12-5-6-15(14(10-12)4-3-8-18)17(21)20-16-11-13(2)7-9-19-16/h5-7,9-11H,8,18H2,1-2H3,(H,19,20,21). The lowest BCUT2D eigenvalue weighted by molar-refractivity contribution is 0.102. The van der Waals surface area contributed by atoms with E-state index in [1.165, 1.54) is 0 Å². The SMILES string of the molecule is Cc1ccnc(NC(=O)c2ccc(C)cc2C#CCN)c1. The molecule has 0 aliphatic heterocycles. The second-order valence-electron chi connectivity index (χ2n) is 4.73. The van der Waals surface area contributed by atoms with Gasteiger partial charge in [0.05, 0.1) is 12.1 Å². The van der Waals surface area contributed by atoms with Crippen LogP contribution in [0, 0.1) is 25.7 Å². The highest BCUT2D eigenvalue weighted by Gasteiger charge is 2.11. The Kier molecular flexibility index (Phi) is 4.70. The number of pyridine rings is 1. The first-order valence-corrected chi connectivity index (χ1v) is 6.64. The number of hydrogen-bond acceptors (Lipinski definition) is 3. The van der Waals surface area contributed by atoms with Gasteiger partial charge >= 0.3 is 0 Å². The van der Waals surface area contributed by atoms with Gasteiger partial charge in [-0.15, -0.1) is 0 Å². The lowest BCUT2D eigenvalue weighted by Crippen LogP contribution is -2.14. The van der Waals surface area contributed by atoms with Gasteiger partial charge in [0.15, 0.2) is 0 Å². The highest BCUT2D eigenvalue weighted by Crippen LogP contribution is 2.13. The lowest BCUT2D eigenvalue weighted by atomic mass is 10.0. The molecule has 0 unspecified atom stereocenters. The second kappa shape index (κ2) is 6.69. The molecule has 2 rings (SSSR count). The molecule has 0 saturated carbocycles. The molecule has 0 atom stereocenters. The molecule has 106 valence electrons. The maximum absolute atomic E-state index is 12.4. The van der Waals surface area contributed by atoms with E-state index < -0.39 is 0 Å². The quantitative estimate of drug-likeness (QED) is 0.829. The molecule has 0 spiro atoms. The average molecular weight is 279 g/mol. The van der Waals surface area contributed by atoms with E-state index in [1.807, 2.05) is 38.1 Å². The van der Waals surface area contributed by atoms with Crippen LogP contribution in [0.4, 0.5) is 5.82 Å². The van der Waals surface area contributed by atoms with Crippen LogP contribution in [0.2, 0.25) is 0 Å². The Morgan fingerprint density at radius 2 is 2.00 bits per heavy atom.